The highest BCUT2D eigenvalue weighted by Crippen LogP contribution is 1.99. The molecule has 0 spiro atoms. The number of hydrogen-bond donors (Lipinski definition) is 0. The van der Waals surface area contributed by atoms with Gasteiger partial charge in [0, 0.05) is 6.61 Å². The van der Waals surface area contributed by atoms with Crippen molar-refractivity contribution in [1.82, 2.24) is 0 Å². The molecule has 0 aliphatic carbocycles. The molecule has 1 unspecified atom stereocenters. The lowest BCUT2D eigenvalue weighted by molar-refractivity contribution is 0.132. The molecule has 7 heavy (non-hydrogen) atoms. The van der Waals surface area contributed by atoms with Crippen LogP contribution in [-0.2, 0) is 4.74 Å². The fraction of sp³-hybridized carbons (Fsp3) is 1.00. The molecule has 1 atom stereocenters. The van der Waals surface area contributed by atoms with Crippen LogP contribution in [0, 0.1) is 0 Å². The zero-order chi connectivity index (χ0) is 5.70. The van der Waals surface area contributed by atoms with Crippen LogP contribution in [0.25, 0.3) is 0 Å². The van der Waals surface area contributed by atoms with E-state index in [1.54, 1.807) is 0 Å². The topological polar surface area (TPSA) is 9.23 Å². The van der Waals surface area contributed by atoms with E-state index in [9.17, 15) is 0 Å². The van der Waals surface area contributed by atoms with Crippen LogP contribution in [0.4, 0.5) is 0 Å². The third-order valence-electron chi connectivity index (χ3n) is 0.533. The minimum absolute atomic E-state index is 0.116. The van der Waals surface area contributed by atoms with Crippen LogP contribution in [0.15, 0.2) is 0 Å². The zero-order valence-electron chi connectivity index (χ0n) is 4.36. The summed E-state index contributed by atoms with van der Waals surface area (Å²) in [5, 5.41) is 0.801. The van der Waals surface area contributed by atoms with Crippen LogP contribution in [0.5, 0.6) is 0 Å². The minimum atomic E-state index is -0.116. The van der Waals surface area contributed by atoms with Gasteiger partial charge in [-0.15, -0.1) is 0 Å². The third-order valence-corrected chi connectivity index (χ3v) is 1.56. The Bertz CT molecular complexity index is 42.7. The molecule has 0 fully saturated rings. The molecule has 1 nitrogen and oxygen atoms in total. The molecule has 0 aliphatic heterocycles. The molecule has 0 bridgehead atoms. The molecule has 0 aliphatic rings. The van der Waals surface area contributed by atoms with E-state index in [1.807, 2.05) is 6.92 Å². The largest absolute Gasteiger partial charge is 0.364 e. The van der Waals surface area contributed by atoms with Crippen LogP contribution in [0.3, 0.4) is 0 Å². The second-order valence-corrected chi connectivity index (χ2v) is 2.06. The number of halogens is 1. The first kappa shape index (κ1) is 7.78. The van der Waals surface area contributed by atoms with Gasteiger partial charge in [-0.05, 0) is 6.92 Å². The average Bonchev–Trinajstić information content (AvgIpc) is 1.68. The van der Waals surface area contributed by atoms with Crippen molar-refractivity contribution in [2.24, 2.45) is 0 Å². The maximum atomic E-state index is 5.52. The van der Waals surface area contributed by atoms with Crippen molar-refractivity contribution in [3.8, 4) is 0 Å². The fourth-order valence-corrected chi connectivity index (χ4v) is 0.511. The summed E-state index contributed by atoms with van der Waals surface area (Å²) in [7, 11) is 0. The van der Waals surface area contributed by atoms with Gasteiger partial charge < -0.3 is 4.74 Å². The maximum Gasteiger partial charge on any atom is 0.124 e. The van der Waals surface area contributed by atoms with Crippen LogP contribution < -0.4 is 0 Å². The monoisotopic (exact) mass is 134 g/mol. The summed E-state index contributed by atoms with van der Waals surface area (Å²) in [5.74, 6) is 0. The van der Waals surface area contributed by atoms with E-state index in [-0.39, 0.29) is 5.56 Å². The summed E-state index contributed by atoms with van der Waals surface area (Å²) in [6.07, 6.45) is 0. The second kappa shape index (κ2) is 4.93. The molecule has 0 saturated heterocycles. The number of rotatable bonds is 3. The van der Waals surface area contributed by atoms with E-state index in [0.29, 0.717) is 6.61 Å². The van der Waals surface area contributed by atoms with Gasteiger partial charge in [0.15, 0.2) is 0 Å². The quantitative estimate of drug-likeness (QED) is 0.416. The Hall–Kier alpha value is 0.782. The van der Waals surface area contributed by atoms with Crippen molar-refractivity contribution in [2.45, 2.75) is 17.8 Å². The number of ether oxygens (including phenoxy) is 1. The molecule has 0 heterocycles. The van der Waals surface area contributed by atoms with Gasteiger partial charge in [-0.25, -0.2) is 0 Å². The van der Waals surface area contributed by atoms with E-state index in [2.05, 4.69) is 16.3 Å². The SMILES string of the molecule is CCOC(Cl)[CH2][Al]. The van der Waals surface area contributed by atoms with Crippen LogP contribution in [-0.4, -0.2) is 28.5 Å². The Morgan fingerprint density at radius 3 is 2.57 bits per heavy atom. The van der Waals surface area contributed by atoms with Crippen LogP contribution in [0.1, 0.15) is 6.92 Å². The molecule has 0 aromatic heterocycles. The summed E-state index contributed by atoms with van der Waals surface area (Å²) in [6.45, 7) is 2.62. The standard InChI is InChI=1S/C4H8ClO.Al/c1-3-6-4(2)5;/h4H,2-3H2,1H3;. The normalized spacial score (nSPS) is 14.0. The predicted molar refractivity (Wildman–Crippen MR) is 31.8 cm³/mol. The summed E-state index contributed by atoms with van der Waals surface area (Å²) < 4.78 is 4.94. The average molecular weight is 135 g/mol. The van der Waals surface area contributed by atoms with Gasteiger partial charge in [0.2, 0.25) is 0 Å². The highest BCUT2D eigenvalue weighted by atomic mass is 35.5. The minimum Gasteiger partial charge on any atom is -0.364 e. The van der Waals surface area contributed by atoms with E-state index >= 15 is 0 Å². The van der Waals surface area contributed by atoms with Crippen molar-refractivity contribution in [2.75, 3.05) is 6.61 Å². The highest BCUT2D eigenvalue weighted by molar-refractivity contribution is 6.24. The molecule has 0 saturated carbocycles. The van der Waals surface area contributed by atoms with E-state index in [4.69, 9.17) is 16.3 Å². The summed E-state index contributed by atoms with van der Waals surface area (Å²) in [4.78, 5) is 0. The van der Waals surface area contributed by atoms with Crippen molar-refractivity contribution < 1.29 is 4.74 Å². The van der Waals surface area contributed by atoms with E-state index in [0.717, 1.165) is 5.28 Å². The second-order valence-electron chi connectivity index (χ2n) is 1.10. The first-order chi connectivity index (χ1) is 3.31. The third kappa shape index (κ3) is 4.64. The predicted octanol–water partition coefficient (Wildman–Crippen LogP) is 1.17. The summed E-state index contributed by atoms with van der Waals surface area (Å²) in [6, 6.07) is 0. The molecule has 0 amide bonds. The van der Waals surface area contributed by atoms with Crippen molar-refractivity contribution in [3.05, 3.63) is 0 Å². The van der Waals surface area contributed by atoms with E-state index in [1.165, 1.54) is 0 Å². The Morgan fingerprint density at radius 2 is 2.43 bits per heavy atom. The lowest BCUT2D eigenvalue weighted by Crippen LogP contribution is -2.02. The number of alkyl halides is 1. The Kier molecular flexibility index (Phi) is 5.48. The molecular weight excluding hydrogens is 126 g/mol. The van der Waals surface area contributed by atoms with Crippen LogP contribution in [0.2, 0.25) is 5.28 Å². The molecule has 0 aromatic carbocycles. The fourth-order valence-electron chi connectivity index (χ4n) is 0.249. The Morgan fingerprint density at radius 1 is 1.86 bits per heavy atom. The molecular formula is C4H8AlClO. The zero-order valence-corrected chi connectivity index (χ0v) is 6.27. The van der Waals surface area contributed by atoms with Gasteiger partial charge in [0.05, 0.1) is 0 Å². The van der Waals surface area contributed by atoms with Gasteiger partial charge in [-0.3, -0.25) is 0 Å². The molecule has 2 radical (unpaired) electrons. The van der Waals surface area contributed by atoms with Gasteiger partial charge in [-0.1, -0.05) is 16.9 Å². The van der Waals surface area contributed by atoms with Gasteiger partial charge in [0.1, 0.15) is 21.9 Å². The molecule has 0 rings (SSSR count). The van der Waals surface area contributed by atoms with Crippen molar-refractivity contribution in [3.63, 3.8) is 0 Å². The first-order valence-corrected chi connectivity index (χ1v) is 3.52. The van der Waals surface area contributed by atoms with Gasteiger partial charge >= 0.3 is 0 Å². The summed E-state index contributed by atoms with van der Waals surface area (Å²) >= 11 is 8.03. The number of hydrogen-bond acceptors (Lipinski definition) is 1. The first-order valence-electron chi connectivity index (χ1n) is 2.27. The molecule has 0 N–H and O–H groups in total. The summed E-state index contributed by atoms with van der Waals surface area (Å²) in [5.41, 5.74) is -0.116. The maximum absolute atomic E-state index is 5.52. The van der Waals surface area contributed by atoms with E-state index < -0.39 is 0 Å². The molecule has 3 heteroatoms. The highest BCUT2D eigenvalue weighted by Gasteiger charge is 1.94. The van der Waals surface area contributed by atoms with Gasteiger partial charge in [-0.2, -0.15) is 0 Å². The molecule has 0 aromatic rings. The lowest BCUT2D eigenvalue weighted by atomic mass is 10.8. The lowest BCUT2D eigenvalue weighted by Gasteiger charge is -2.03. The van der Waals surface area contributed by atoms with Gasteiger partial charge in [0.25, 0.3) is 0 Å². The Balaban J connectivity index is 2.83. The van der Waals surface area contributed by atoms with Crippen molar-refractivity contribution >= 4 is 27.9 Å². The van der Waals surface area contributed by atoms with Crippen LogP contribution >= 0.6 is 11.6 Å². The molecule has 40 valence electrons. The Labute approximate surface area is 57.4 Å². The smallest absolute Gasteiger partial charge is 0.124 e. The van der Waals surface area contributed by atoms with Crippen molar-refractivity contribution in [1.29, 1.82) is 0 Å².